The molecule has 0 aliphatic heterocycles. The zero-order valence-corrected chi connectivity index (χ0v) is 23.6. The van der Waals surface area contributed by atoms with E-state index in [2.05, 4.69) is 21.3 Å². The molecule has 12 nitrogen and oxygen atoms in total. The number of ether oxygens (including phenoxy) is 4. The second kappa shape index (κ2) is 29.6. The van der Waals surface area contributed by atoms with Gasteiger partial charge in [0, 0.05) is 25.6 Å². The number of hydrogen-bond acceptors (Lipinski definition) is 10. The predicted octanol–water partition coefficient (Wildman–Crippen LogP) is -0.730. The Morgan fingerprint density at radius 1 is 0.528 bits per heavy atom. The summed E-state index contributed by atoms with van der Waals surface area (Å²) < 4.78 is 21.6. The van der Waals surface area contributed by atoms with Crippen LogP contribution in [0.15, 0.2) is 0 Å². The zero-order valence-electron chi connectivity index (χ0n) is 22.0. The molecule has 36 heavy (non-hydrogen) atoms. The fourth-order valence-electron chi connectivity index (χ4n) is 1.96. The fraction of sp³-hybridized carbons (Fsp3) is 0.818. The second-order valence-corrected chi connectivity index (χ2v) is 8.66. The first-order valence-electron chi connectivity index (χ1n) is 11.9. The number of likely N-dealkylation sites (N-methyl/N-ethyl adjacent to an activating group) is 2. The number of hydrogen-bond donors (Lipinski definition) is 4. The van der Waals surface area contributed by atoms with Crippen LogP contribution in [0, 0.1) is 0 Å². The van der Waals surface area contributed by atoms with Crippen molar-refractivity contribution < 1.29 is 38.1 Å². The molecule has 4 amide bonds. The second-order valence-electron chi connectivity index (χ2n) is 6.45. The van der Waals surface area contributed by atoms with Crippen molar-refractivity contribution in [3.63, 3.8) is 0 Å². The minimum absolute atomic E-state index is 0.00968. The van der Waals surface area contributed by atoms with Crippen molar-refractivity contribution in [3.8, 4) is 0 Å². The van der Waals surface area contributed by atoms with Crippen LogP contribution in [0.2, 0.25) is 0 Å². The third-order valence-electron chi connectivity index (χ3n) is 3.78. The Morgan fingerprint density at radius 3 is 1.14 bits per heavy atom. The van der Waals surface area contributed by atoms with Gasteiger partial charge in [-0.2, -0.15) is 0 Å². The molecule has 0 heterocycles. The molecule has 212 valence electrons. The lowest BCUT2D eigenvalue weighted by molar-refractivity contribution is -0.124. The fourth-order valence-corrected chi connectivity index (χ4v) is 3.30. The van der Waals surface area contributed by atoms with Crippen molar-refractivity contribution in [2.45, 2.75) is 13.8 Å². The molecule has 4 N–H and O–H groups in total. The van der Waals surface area contributed by atoms with Crippen molar-refractivity contribution in [2.75, 3.05) is 103 Å². The maximum absolute atomic E-state index is 11.5. The van der Waals surface area contributed by atoms with Gasteiger partial charge in [-0.1, -0.05) is 13.8 Å². The lowest BCUT2D eigenvalue weighted by atomic mass is 10.5. The first-order chi connectivity index (χ1) is 17.5. The monoisotopic (exact) mass is 556 g/mol. The molecule has 0 spiro atoms. The maximum atomic E-state index is 11.5. The highest BCUT2D eigenvalue weighted by atomic mass is 32.2. The lowest BCUT2D eigenvalue weighted by Crippen LogP contribution is -2.36. The van der Waals surface area contributed by atoms with Crippen LogP contribution in [0.25, 0.3) is 0 Å². The summed E-state index contributed by atoms with van der Waals surface area (Å²) in [5, 5.41) is 9.91. The van der Waals surface area contributed by atoms with E-state index in [0.717, 1.165) is 0 Å². The van der Waals surface area contributed by atoms with E-state index in [-0.39, 0.29) is 48.2 Å². The van der Waals surface area contributed by atoms with Crippen molar-refractivity contribution >= 4 is 47.2 Å². The van der Waals surface area contributed by atoms with Crippen LogP contribution in [0.5, 0.6) is 0 Å². The van der Waals surface area contributed by atoms with Crippen LogP contribution >= 0.6 is 23.5 Å². The highest BCUT2D eigenvalue weighted by molar-refractivity contribution is 8.00. The molecule has 14 heteroatoms. The van der Waals surface area contributed by atoms with E-state index in [4.69, 9.17) is 18.9 Å². The molecule has 0 atom stereocenters. The normalized spacial score (nSPS) is 10.1. The molecule has 0 unspecified atom stereocenters. The summed E-state index contributed by atoms with van der Waals surface area (Å²) in [5.74, 6) is 1.11. The lowest BCUT2D eigenvalue weighted by Gasteiger charge is -2.08. The van der Waals surface area contributed by atoms with E-state index >= 15 is 0 Å². The van der Waals surface area contributed by atoms with Crippen LogP contribution in [-0.4, -0.2) is 127 Å². The van der Waals surface area contributed by atoms with Crippen LogP contribution in [-0.2, 0) is 38.1 Å². The van der Waals surface area contributed by atoms with Crippen LogP contribution in [0.1, 0.15) is 13.8 Å². The molecule has 0 aliphatic carbocycles. The van der Waals surface area contributed by atoms with E-state index in [1.807, 2.05) is 13.8 Å². The van der Waals surface area contributed by atoms with Gasteiger partial charge in [0.05, 0.1) is 77.5 Å². The van der Waals surface area contributed by atoms with Gasteiger partial charge in [0.15, 0.2) is 0 Å². The summed E-state index contributed by atoms with van der Waals surface area (Å²) >= 11 is 2.87. The molecule has 0 fully saturated rings. The number of carbonyl (C=O) groups is 4. The Hall–Kier alpha value is -1.58. The molecule has 0 aromatic heterocycles. The Kier molecular flexibility index (Phi) is 30.1. The Morgan fingerprint density at radius 2 is 0.833 bits per heavy atom. The van der Waals surface area contributed by atoms with E-state index in [1.165, 1.54) is 37.6 Å². The maximum Gasteiger partial charge on any atom is 0.239 e. The van der Waals surface area contributed by atoms with Crippen molar-refractivity contribution in [2.24, 2.45) is 0 Å². The molecule has 0 bridgehead atoms. The average Bonchev–Trinajstić information content (AvgIpc) is 2.90. The van der Waals surface area contributed by atoms with Gasteiger partial charge in [-0.25, -0.2) is 0 Å². The molecular weight excluding hydrogens is 512 g/mol. The molecule has 0 aromatic rings. The predicted molar refractivity (Wildman–Crippen MR) is 143 cm³/mol. The highest BCUT2D eigenvalue weighted by Gasteiger charge is 2.05. The molecule has 0 rings (SSSR count). The summed E-state index contributed by atoms with van der Waals surface area (Å²) in [5.41, 5.74) is 0. The molecule has 0 radical (unpaired) electrons. The third kappa shape index (κ3) is 28.7. The van der Waals surface area contributed by atoms with Gasteiger partial charge in [-0.3, -0.25) is 19.2 Å². The third-order valence-corrected chi connectivity index (χ3v) is 5.62. The summed E-state index contributed by atoms with van der Waals surface area (Å²) in [7, 11) is 3.03. The van der Waals surface area contributed by atoms with Gasteiger partial charge in [-0.15, -0.1) is 23.5 Å². The van der Waals surface area contributed by atoms with Crippen LogP contribution in [0.3, 0.4) is 0 Å². The number of rotatable bonds is 23. The van der Waals surface area contributed by atoms with Gasteiger partial charge in [0.2, 0.25) is 23.6 Å². The number of carbonyl (C=O) groups excluding carboxylic acids is 4. The summed E-state index contributed by atoms with van der Waals surface area (Å²) in [6, 6.07) is 0. The number of nitrogens with one attached hydrogen (secondary N) is 4. The highest BCUT2D eigenvalue weighted by Crippen LogP contribution is 1.99. The molecule has 0 aliphatic rings. The van der Waals surface area contributed by atoms with Crippen molar-refractivity contribution in [1.82, 2.24) is 21.3 Å². The summed E-state index contributed by atoms with van der Waals surface area (Å²) in [4.78, 5) is 45.0. The number of amides is 4. The van der Waals surface area contributed by atoms with Crippen molar-refractivity contribution in [1.29, 1.82) is 0 Å². The summed E-state index contributed by atoms with van der Waals surface area (Å²) in [6.45, 7) is 7.80. The quantitative estimate of drug-likeness (QED) is 0.119. The summed E-state index contributed by atoms with van der Waals surface area (Å²) in [6.07, 6.45) is 0. The van der Waals surface area contributed by atoms with Gasteiger partial charge < -0.3 is 40.2 Å². The Labute approximate surface area is 223 Å². The van der Waals surface area contributed by atoms with Gasteiger partial charge >= 0.3 is 0 Å². The average molecular weight is 557 g/mol. The molecule has 0 saturated heterocycles. The van der Waals surface area contributed by atoms with Crippen LogP contribution in [0.4, 0.5) is 0 Å². The topological polar surface area (TPSA) is 153 Å². The molecule has 0 aromatic carbocycles. The van der Waals surface area contributed by atoms with Gasteiger partial charge in [0.1, 0.15) is 0 Å². The first-order valence-corrected chi connectivity index (χ1v) is 14.2. The van der Waals surface area contributed by atoms with E-state index in [1.54, 1.807) is 0 Å². The van der Waals surface area contributed by atoms with Gasteiger partial charge in [0.25, 0.3) is 0 Å². The van der Waals surface area contributed by atoms with Gasteiger partial charge in [-0.05, 0) is 0 Å². The minimum Gasteiger partial charge on any atom is -0.378 e. The molecule has 0 saturated carbocycles. The first kappa shape index (κ1) is 36.6. The number of thioether (sulfide) groups is 2. The van der Waals surface area contributed by atoms with E-state index in [9.17, 15) is 19.2 Å². The van der Waals surface area contributed by atoms with Crippen molar-refractivity contribution in [3.05, 3.63) is 0 Å². The smallest absolute Gasteiger partial charge is 0.239 e. The SMILES string of the molecule is CC.CNC(=O)CNC(=O)CSCCOCCOCCOCCOCCSCC(=O)NCC(=O)NC. The van der Waals surface area contributed by atoms with E-state index in [0.29, 0.717) is 64.4 Å². The standard InChI is InChI=1S/C20H38N4O8S2.C2H6/c1-21-17(25)13-23-19(27)15-33-11-9-31-7-5-29-3-4-30-6-8-32-10-12-34-16-20(28)24-14-18(26)22-2;1-2/h3-16H2,1-2H3,(H,21,25)(H,22,26)(H,23,27)(H,24,28);1-2H3. The Bertz CT molecular complexity index is 526. The van der Waals surface area contributed by atoms with E-state index < -0.39 is 0 Å². The molecular formula is C22H44N4O8S2. The van der Waals surface area contributed by atoms with Crippen LogP contribution < -0.4 is 21.3 Å². The largest absolute Gasteiger partial charge is 0.378 e. The zero-order chi connectivity index (χ0) is 27.3. The minimum atomic E-state index is -0.230. The Balaban J connectivity index is 0.